The van der Waals surface area contributed by atoms with Crippen LogP contribution in [0.25, 0.3) is 0 Å². The Morgan fingerprint density at radius 2 is 1.81 bits per heavy atom. The number of carbonyl (C=O) groups excluding carboxylic acids is 4. The standard InChI is InChI=1S/C26H32O8.2Na.H2O/c1-13-10-19-16-5-4-14-11-15(27)6-8-24(14,2)18(16)7-9-25(19,3)26(13,34)22(31)21(30)17(23(32)33)12-20(28)29;;;/h6-8,11,13,16-17,19,21,30,34H,4-5,9-10,12H2,1-3H3,(H,28,29)(H,32,33);;;1H2/q;2*+1;/p-2/t13-,16?,17?,19?,21?,24-,25-,26-;;;/m0.../s1. The van der Waals surface area contributed by atoms with Gasteiger partial charge in [0.15, 0.2) is 11.6 Å². The van der Waals surface area contributed by atoms with E-state index >= 15 is 0 Å². The summed E-state index contributed by atoms with van der Waals surface area (Å²) in [6.45, 7) is 5.57. The van der Waals surface area contributed by atoms with Crippen LogP contribution in [0.2, 0.25) is 0 Å². The van der Waals surface area contributed by atoms with Crippen LogP contribution in [-0.2, 0) is 19.2 Å². The average molecular weight is 535 g/mol. The molecule has 37 heavy (non-hydrogen) atoms. The minimum atomic E-state index is -2.23. The third kappa shape index (κ3) is 5.16. The summed E-state index contributed by atoms with van der Waals surface area (Å²) in [5, 5.41) is 44.9. The van der Waals surface area contributed by atoms with Crippen molar-refractivity contribution >= 4 is 23.5 Å². The van der Waals surface area contributed by atoms with Crippen LogP contribution in [0.3, 0.4) is 0 Å². The number of aliphatic carboxylic acids is 2. The smallest absolute Gasteiger partial charge is 0.550 e. The largest absolute Gasteiger partial charge is 1.00 e. The summed E-state index contributed by atoms with van der Waals surface area (Å²) in [6, 6.07) is 0. The van der Waals surface area contributed by atoms with Gasteiger partial charge in [-0.05, 0) is 68.9 Å². The van der Waals surface area contributed by atoms with Crippen molar-refractivity contribution in [2.75, 3.05) is 0 Å². The maximum Gasteiger partial charge on any atom is 1.00 e. The zero-order valence-corrected chi connectivity index (χ0v) is 26.1. The number of allylic oxidation sites excluding steroid dienone is 6. The van der Waals surface area contributed by atoms with Crippen molar-refractivity contribution in [3.8, 4) is 0 Å². The first-order valence-corrected chi connectivity index (χ1v) is 11.8. The molecule has 4 aliphatic carbocycles. The molecule has 4 N–H and O–H groups in total. The molecule has 11 heteroatoms. The Hall–Kier alpha value is -0.620. The minimum Gasteiger partial charge on any atom is -0.550 e. The molecule has 0 bridgehead atoms. The SMILES string of the molecule is C[C@H]1CC2C3CCC4=CC(=O)C=C[C@]4(C)C3=CC[C@]2(C)[C@@]1(O)C(=O)C(O)C(CC(=O)[O-])C(=O)[O-].O.[Na+].[Na+]. The molecule has 0 aromatic rings. The number of hydrogen-bond donors (Lipinski definition) is 2. The van der Waals surface area contributed by atoms with E-state index in [4.69, 9.17) is 0 Å². The van der Waals surface area contributed by atoms with E-state index in [0.717, 1.165) is 17.6 Å². The van der Waals surface area contributed by atoms with Crippen LogP contribution in [0, 0.1) is 34.5 Å². The van der Waals surface area contributed by atoms with E-state index < -0.39 is 58.5 Å². The third-order valence-electron chi connectivity index (χ3n) is 9.24. The Kier molecular flexibility index (Phi) is 11.0. The molecule has 0 aliphatic heterocycles. The van der Waals surface area contributed by atoms with E-state index in [1.54, 1.807) is 26.0 Å². The van der Waals surface area contributed by atoms with Crippen molar-refractivity contribution in [3.63, 3.8) is 0 Å². The molecular formula is C26H32Na2O9. The summed E-state index contributed by atoms with van der Waals surface area (Å²) in [4.78, 5) is 47.9. The predicted molar refractivity (Wildman–Crippen MR) is 119 cm³/mol. The molecule has 0 aromatic heterocycles. The van der Waals surface area contributed by atoms with Gasteiger partial charge < -0.3 is 35.5 Å². The second kappa shape index (κ2) is 11.9. The number of Topliss-reactive ketones (excluding diaryl/α,β-unsaturated/α-hetero) is 1. The van der Waals surface area contributed by atoms with Gasteiger partial charge in [0.1, 0.15) is 11.7 Å². The quantitative estimate of drug-likeness (QED) is 0.248. The van der Waals surface area contributed by atoms with Gasteiger partial charge in [-0.2, -0.15) is 0 Å². The van der Waals surface area contributed by atoms with Crippen LogP contribution < -0.4 is 69.3 Å². The van der Waals surface area contributed by atoms with Crippen LogP contribution in [0.4, 0.5) is 0 Å². The molecule has 192 valence electrons. The van der Waals surface area contributed by atoms with Crippen LogP contribution in [-0.4, -0.2) is 50.9 Å². The third-order valence-corrected chi connectivity index (χ3v) is 9.24. The van der Waals surface area contributed by atoms with Gasteiger partial charge in [-0.1, -0.05) is 37.1 Å². The van der Waals surface area contributed by atoms with E-state index in [2.05, 4.69) is 6.92 Å². The van der Waals surface area contributed by atoms with E-state index in [1.165, 1.54) is 0 Å². The first-order valence-electron chi connectivity index (χ1n) is 11.8. The number of carbonyl (C=O) groups is 4. The molecule has 0 aromatic carbocycles. The molecule has 4 rings (SSSR count). The molecule has 0 amide bonds. The summed E-state index contributed by atoms with van der Waals surface area (Å²) in [7, 11) is 0. The predicted octanol–water partition coefficient (Wildman–Crippen LogP) is -7.19. The molecule has 4 aliphatic rings. The van der Waals surface area contributed by atoms with Gasteiger partial charge >= 0.3 is 59.1 Å². The van der Waals surface area contributed by atoms with Crippen molar-refractivity contribution < 1.29 is 104 Å². The van der Waals surface area contributed by atoms with Crippen LogP contribution >= 0.6 is 0 Å². The number of fused-ring (bicyclic) bond motifs is 5. The Morgan fingerprint density at radius 1 is 1.19 bits per heavy atom. The normalized spacial score (nSPS) is 37.0. The zero-order valence-electron chi connectivity index (χ0n) is 22.1. The number of carboxylic acid groups (broad SMARTS) is 2. The summed E-state index contributed by atoms with van der Waals surface area (Å²) in [5.41, 5.74) is -1.22. The average Bonchev–Trinajstić information content (AvgIpc) is 2.98. The topological polar surface area (TPSA) is 186 Å². The Bertz CT molecular complexity index is 1070. The molecule has 2 fully saturated rings. The molecule has 0 spiro atoms. The maximum atomic E-state index is 13.5. The van der Waals surface area contributed by atoms with E-state index in [-0.39, 0.29) is 82.2 Å². The fraction of sp³-hybridized carbons (Fsp3) is 0.615. The zero-order chi connectivity index (χ0) is 25.2. The molecular weight excluding hydrogens is 502 g/mol. The van der Waals surface area contributed by atoms with Gasteiger partial charge in [0.25, 0.3) is 0 Å². The Balaban J connectivity index is 0.00000228. The van der Waals surface area contributed by atoms with E-state index in [1.807, 2.05) is 12.2 Å². The minimum absolute atomic E-state index is 0. The van der Waals surface area contributed by atoms with Crippen molar-refractivity contribution in [1.82, 2.24) is 0 Å². The number of aliphatic hydroxyl groups excluding tert-OH is 1. The van der Waals surface area contributed by atoms with Crippen molar-refractivity contribution in [3.05, 3.63) is 35.5 Å². The van der Waals surface area contributed by atoms with Gasteiger partial charge in [-0.15, -0.1) is 0 Å². The summed E-state index contributed by atoms with van der Waals surface area (Å²) in [5.74, 6) is -7.41. The first-order chi connectivity index (χ1) is 15.8. The van der Waals surface area contributed by atoms with Crippen LogP contribution in [0.15, 0.2) is 35.5 Å². The molecule has 4 unspecified atom stereocenters. The molecule has 8 atom stereocenters. The van der Waals surface area contributed by atoms with Gasteiger partial charge in [0, 0.05) is 28.7 Å². The van der Waals surface area contributed by atoms with Gasteiger partial charge in [0.2, 0.25) is 0 Å². The second-order valence-corrected chi connectivity index (χ2v) is 10.9. The van der Waals surface area contributed by atoms with Crippen molar-refractivity contribution in [1.29, 1.82) is 0 Å². The number of ketones is 2. The van der Waals surface area contributed by atoms with Crippen LogP contribution in [0.1, 0.15) is 52.9 Å². The van der Waals surface area contributed by atoms with Crippen LogP contribution in [0.5, 0.6) is 0 Å². The Labute approximate surface area is 260 Å². The van der Waals surface area contributed by atoms with Crippen molar-refractivity contribution in [2.24, 2.45) is 34.5 Å². The first kappa shape index (κ1) is 34.4. The van der Waals surface area contributed by atoms with E-state index in [0.29, 0.717) is 19.3 Å². The van der Waals surface area contributed by atoms with Crippen molar-refractivity contribution in [2.45, 2.75) is 64.6 Å². The Morgan fingerprint density at radius 3 is 2.38 bits per heavy atom. The number of hydrogen-bond acceptors (Lipinski definition) is 8. The van der Waals surface area contributed by atoms with Gasteiger partial charge in [-0.3, -0.25) is 9.59 Å². The summed E-state index contributed by atoms with van der Waals surface area (Å²) >= 11 is 0. The summed E-state index contributed by atoms with van der Waals surface area (Å²) < 4.78 is 0. The number of rotatable bonds is 6. The second-order valence-electron chi connectivity index (χ2n) is 10.9. The molecule has 0 heterocycles. The maximum absolute atomic E-state index is 13.5. The monoisotopic (exact) mass is 534 g/mol. The fourth-order valence-corrected chi connectivity index (χ4v) is 7.30. The molecule has 2 saturated carbocycles. The summed E-state index contributed by atoms with van der Waals surface area (Å²) in [6.07, 6.45) is 6.16. The number of aliphatic hydroxyl groups is 2. The number of carboxylic acids is 2. The van der Waals surface area contributed by atoms with Gasteiger partial charge in [-0.25, -0.2) is 0 Å². The fourth-order valence-electron chi connectivity index (χ4n) is 7.30. The molecule has 9 nitrogen and oxygen atoms in total. The van der Waals surface area contributed by atoms with Gasteiger partial charge in [0.05, 0.1) is 0 Å². The molecule has 0 saturated heterocycles. The molecule has 0 radical (unpaired) electrons. The van der Waals surface area contributed by atoms with E-state index in [9.17, 15) is 39.6 Å².